The van der Waals surface area contributed by atoms with Gasteiger partial charge in [0, 0.05) is 17.2 Å². The molecule has 0 fully saturated rings. The summed E-state index contributed by atoms with van der Waals surface area (Å²) in [6, 6.07) is 6.38. The van der Waals surface area contributed by atoms with E-state index in [0.717, 1.165) is 10.2 Å². The van der Waals surface area contributed by atoms with E-state index >= 15 is 0 Å². The minimum Gasteiger partial charge on any atom is -0.467 e. The van der Waals surface area contributed by atoms with E-state index < -0.39 is 12.0 Å². The Kier molecular flexibility index (Phi) is 4.49. The van der Waals surface area contributed by atoms with Crippen LogP contribution in [-0.2, 0) is 14.3 Å². The van der Waals surface area contributed by atoms with Crippen LogP contribution in [0, 0.1) is 0 Å². The van der Waals surface area contributed by atoms with E-state index in [2.05, 4.69) is 20.7 Å². The monoisotopic (exact) mass is 285 g/mol. The first-order valence-electron chi connectivity index (χ1n) is 4.61. The molecule has 0 aromatic heterocycles. The SMILES string of the molecule is COC(=O)C(C=O)N(C)c1ccc(Br)cc1. The number of nitrogens with zero attached hydrogens (tertiary/aromatic N) is 1. The summed E-state index contributed by atoms with van der Waals surface area (Å²) in [4.78, 5) is 23.7. The smallest absolute Gasteiger partial charge is 0.336 e. The first-order chi connectivity index (χ1) is 7.60. The molecule has 86 valence electrons. The molecule has 1 aromatic carbocycles. The summed E-state index contributed by atoms with van der Waals surface area (Å²) in [6.07, 6.45) is 0.563. The summed E-state index contributed by atoms with van der Waals surface area (Å²) in [5, 5.41) is 0. The number of esters is 1. The number of rotatable bonds is 4. The predicted molar refractivity (Wildman–Crippen MR) is 64.4 cm³/mol. The molecule has 5 heteroatoms. The Labute approximate surface area is 102 Å². The molecule has 1 unspecified atom stereocenters. The molecule has 0 heterocycles. The molecule has 0 aliphatic carbocycles. The van der Waals surface area contributed by atoms with Gasteiger partial charge in [0.2, 0.25) is 0 Å². The molecule has 4 nitrogen and oxygen atoms in total. The Morgan fingerprint density at radius 2 is 2.00 bits per heavy atom. The fraction of sp³-hybridized carbons (Fsp3) is 0.273. The predicted octanol–water partition coefficient (Wildman–Crippen LogP) is 1.63. The molecule has 0 bridgehead atoms. The normalized spacial score (nSPS) is 11.7. The summed E-state index contributed by atoms with van der Waals surface area (Å²) < 4.78 is 5.48. The van der Waals surface area contributed by atoms with E-state index in [4.69, 9.17) is 0 Å². The molecule has 1 atom stereocenters. The molecule has 0 spiro atoms. The molecule has 1 aromatic rings. The molecular weight excluding hydrogens is 274 g/mol. The van der Waals surface area contributed by atoms with Crippen LogP contribution < -0.4 is 4.90 Å². The highest BCUT2D eigenvalue weighted by Gasteiger charge is 2.23. The van der Waals surface area contributed by atoms with Crippen molar-refractivity contribution in [3.63, 3.8) is 0 Å². The van der Waals surface area contributed by atoms with Crippen LogP contribution in [0.2, 0.25) is 0 Å². The average molecular weight is 286 g/mol. The highest BCUT2D eigenvalue weighted by Crippen LogP contribution is 2.18. The molecule has 0 amide bonds. The zero-order valence-corrected chi connectivity index (χ0v) is 10.6. The number of methoxy groups -OCH3 is 1. The number of hydrogen-bond donors (Lipinski definition) is 0. The number of carbonyl (C=O) groups is 2. The minimum atomic E-state index is -0.911. The van der Waals surface area contributed by atoms with Crippen molar-refractivity contribution < 1.29 is 14.3 Å². The van der Waals surface area contributed by atoms with Crippen LogP contribution in [0.3, 0.4) is 0 Å². The second-order valence-electron chi connectivity index (χ2n) is 3.19. The maximum Gasteiger partial charge on any atom is 0.336 e. The van der Waals surface area contributed by atoms with Gasteiger partial charge < -0.3 is 14.4 Å². The van der Waals surface area contributed by atoms with Gasteiger partial charge in [-0.3, -0.25) is 0 Å². The first kappa shape index (κ1) is 12.7. The van der Waals surface area contributed by atoms with Crippen LogP contribution >= 0.6 is 15.9 Å². The van der Waals surface area contributed by atoms with E-state index in [1.165, 1.54) is 7.11 Å². The third-order valence-corrected chi connectivity index (χ3v) is 2.75. The first-order valence-corrected chi connectivity index (χ1v) is 5.41. The molecule has 16 heavy (non-hydrogen) atoms. The summed E-state index contributed by atoms with van der Waals surface area (Å²) >= 11 is 3.31. The Morgan fingerprint density at radius 1 is 1.44 bits per heavy atom. The van der Waals surface area contributed by atoms with Gasteiger partial charge in [-0.05, 0) is 24.3 Å². The average Bonchev–Trinajstić information content (AvgIpc) is 2.30. The Hall–Kier alpha value is -1.36. The van der Waals surface area contributed by atoms with Crippen LogP contribution in [0.4, 0.5) is 5.69 Å². The Bertz CT molecular complexity index is 377. The van der Waals surface area contributed by atoms with E-state index in [9.17, 15) is 9.59 Å². The quantitative estimate of drug-likeness (QED) is 0.479. The van der Waals surface area contributed by atoms with Gasteiger partial charge in [-0.1, -0.05) is 15.9 Å². The summed E-state index contributed by atoms with van der Waals surface area (Å²) in [6.45, 7) is 0. The van der Waals surface area contributed by atoms with Gasteiger partial charge in [-0.15, -0.1) is 0 Å². The lowest BCUT2D eigenvalue weighted by Crippen LogP contribution is -2.40. The number of ether oxygens (including phenoxy) is 1. The summed E-state index contributed by atoms with van der Waals surface area (Å²) in [5.41, 5.74) is 0.769. The van der Waals surface area contributed by atoms with Gasteiger partial charge >= 0.3 is 5.97 Å². The lowest BCUT2D eigenvalue weighted by molar-refractivity contribution is -0.143. The highest BCUT2D eigenvalue weighted by molar-refractivity contribution is 9.10. The number of aldehydes is 1. The van der Waals surface area contributed by atoms with Gasteiger partial charge in [0.25, 0.3) is 0 Å². The van der Waals surface area contributed by atoms with Crippen LogP contribution in [0.5, 0.6) is 0 Å². The van der Waals surface area contributed by atoms with Crippen LogP contribution in [-0.4, -0.2) is 32.5 Å². The van der Waals surface area contributed by atoms with Crippen molar-refractivity contribution in [1.29, 1.82) is 0 Å². The lowest BCUT2D eigenvalue weighted by Gasteiger charge is -2.23. The molecule has 0 N–H and O–H groups in total. The largest absolute Gasteiger partial charge is 0.467 e. The van der Waals surface area contributed by atoms with Crippen molar-refractivity contribution in [3.8, 4) is 0 Å². The van der Waals surface area contributed by atoms with Crippen LogP contribution in [0.15, 0.2) is 28.7 Å². The molecule has 0 radical (unpaired) electrons. The van der Waals surface area contributed by atoms with Crippen molar-refractivity contribution in [1.82, 2.24) is 0 Å². The summed E-state index contributed by atoms with van der Waals surface area (Å²) in [7, 11) is 2.92. The molecule has 1 rings (SSSR count). The van der Waals surface area contributed by atoms with Gasteiger partial charge in [0.1, 0.15) is 0 Å². The van der Waals surface area contributed by atoms with Gasteiger partial charge in [0.05, 0.1) is 7.11 Å². The standard InChI is InChI=1S/C11H12BrNO3/c1-13(10(7-14)11(15)16-2)9-5-3-8(12)4-6-9/h3-7,10H,1-2H3. The second kappa shape index (κ2) is 5.65. The molecule has 0 aliphatic heterocycles. The van der Waals surface area contributed by atoms with Crippen molar-refractivity contribution in [2.24, 2.45) is 0 Å². The number of halogens is 1. The zero-order chi connectivity index (χ0) is 12.1. The fourth-order valence-corrected chi connectivity index (χ4v) is 1.53. The fourth-order valence-electron chi connectivity index (χ4n) is 1.26. The second-order valence-corrected chi connectivity index (χ2v) is 4.11. The van der Waals surface area contributed by atoms with E-state index in [1.54, 1.807) is 11.9 Å². The van der Waals surface area contributed by atoms with Crippen molar-refractivity contribution >= 4 is 33.9 Å². The van der Waals surface area contributed by atoms with Gasteiger partial charge in [0.15, 0.2) is 12.3 Å². The maximum absolute atomic E-state index is 11.3. The van der Waals surface area contributed by atoms with Crippen molar-refractivity contribution in [2.75, 3.05) is 19.1 Å². The number of anilines is 1. The van der Waals surface area contributed by atoms with E-state index in [0.29, 0.717) is 6.29 Å². The van der Waals surface area contributed by atoms with Gasteiger partial charge in [-0.2, -0.15) is 0 Å². The Morgan fingerprint density at radius 3 is 2.44 bits per heavy atom. The van der Waals surface area contributed by atoms with Crippen molar-refractivity contribution in [2.45, 2.75) is 6.04 Å². The number of likely N-dealkylation sites (N-methyl/N-ethyl adjacent to an activating group) is 1. The van der Waals surface area contributed by atoms with Crippen molar-refractivity contribution in [3.05, 3.63) is 28.7 Å². The van der Waals surface area contributed by atoms with Crippen LogP contribution in [0.25, 0.3) is 0 Å². The number of hydrogen-bond acceptors (Lipinski definition) is 4. The van der Waals surface area contributed by atoms with Gasteiger partial charge in [-0.25, -0.2) is 4.79 Å². The molecular formula is C11H12BrNO3. The molecule has 0 saturated carbocycles. The summed E-state index contributed by atoms with van der Waals surface area (Å²) in [5.74, 6) is -0.569. The minimum absolute atomic E-state index is 0.563. The Balaban J connectivity index is 2.90. The molecule has 0 saturated heterocycles. The maximum atomic E-state index is 11.3. The number of carbonyl (C=O) groups excluding carboxylic acids is 2. The van der Waals surface area contributed by atoms with E-state index in [-0.39, 0.29) is 0 Å². The third-order valence-electron chi connectivity index (χ3n) is 2.22. The topological polar surface area (TPSA) is 46.6 Å². The lowest BCUT2D eigenvalue weighted by atomic mass is 10.2. The van der Waals surface area contributed by atoms with E-state index in [1.807, 2.05) is 24.3 Å². The zero-order valence-electron chi connectivity index (χ0n) is 9.01. The highest BCUT2D eigenvalue weighted by atomic mass is 79.9. The van der Waals surface area contributed by atoms with Crippen LogP contribution in [0.1, 0.15) is 0 Å². The molecule has 0 aliphatic rings. The number of benzene rings is 1. The third kappa shape index (κ3) is 2.82.